The molecule has 0 aliphatic carbocycles. The SMILES string of the molecule is CC(C)=CCCc1ccc2c(N)c(C(=O)c3ccc(Br)cc3)sc2n1. The van der Waals surface area contributed by atoms with Crippen molar-refractivity contribution < 1.29 is 4.79 Å². The highest BCUT2D eigenvalue weighted by Crippen LogP contribution is 2.34. The molecule has 2 heterocycles. The van der Waals surface area contributed by atoms with Gasteiger partial charge in [0.1, 0.15) is 9.71 Å². The van der Waals surface area contributed by atoms with E-state index in [1.54, 1.807) is 12.1 Å². The number of benzene rings is 1. The molecule has 0 saturated carbocycles. The summed E-state index contributed by atoms with van der Waals surface area (Å²) in [4.78, 5) is 18.8. The van der Waals surface area contributed by atoms with Crippen LogP contribution in [0.5, 0.6) is 0 Å². The predicted octanol–water partition coefficient (Wildman–Crippen LogP) is 5.77. The van der Waals surface area contributed by atoms with Crippen molar-refractivity contribution in [1.29, 1.82) is 0 Å². The van der Waals surface area contributed by atoms with Crippen LogP contribution in [0.2, 0.25) is 0 Å². The summed E-state index contributed by atoms with van der Waals surface area (Å²) in [6, 6.07) is 11.3. The van der Waals surface area contributed by atoms with E-state index in [0.29, 0.717) is 16.1 Å². The number of pyridine rings is 1. The largest absolute Gasteiger partial charge is 0.397 e. The average Bonchev–Trinajstić information content (AvgIpc) is 2.91. The van der Waals surface area contributed by atoms with Crippen molar-refractivity contribution in [3.8, 4) is 0 Å². The number of nitrogens with two attached hydrogens (primary N) is 1. The maximum Gasteiger partial charge on any atom is 0.205 e. The van der Waals surface area contributed by atoms with E-state index in [-0.39, 0.29) is 5.78 Å². The second-order valence-electron chi connectivity index (χ2n) is 6.16. The van der Waals surface area contributed by atoms with Crippen LogP contribution in [0.3, 0.4) is 0 Å². The zero-order chi connectivity index (χ0) is 18.0. The van der Waals surface area contributed by atoms with Gasteiger partial charge in [-0.05, 0) is 63.1 Å². The van der Waals surface area contributed by atoms with Crippen LogP contribution in [0.15, 0.2) is 52.5 Å². The first-order valence-electron chi connectivity index (χ1n) is 8.07. The number of nitrogens with zero attached hydrogens (tertiary/aromatic N) is 1. The molecule has 0 bridgehead atoms. The smallest absolute Gasteiger partial charge is 0.205 e. The van der Waals surface area contributed by atoms with Crippen LogP contribution in [0.4, 0.5) is 5.69 Å². The number of hydrogen-bond acceptors (Lipinski definition) is 4. The molecule has 5 heteroatoms. The molecule has 25 heavy (non-hydrogen) atoms. The normalized spacial score (nSPS) is 10.8. The molecule has 128 valence electrons. The summed E-state index contributed by atoms with van der Waals surface area (Å²) in [5.74, 6) is -0.0564. The number of carbonyl (C=O) groups excluding carboxylic acids is 1. The van der Waals surface area contributed by atoms with Crippen LogP contribution >= 0.6 is 27.3 Å². The molecule has 2 N–H and O–H groups in total. The Morgan fingerprint density at radius 1 is 1.20 bits per heavy atom. The van der Waals surface area contributed by atoms with Crippen LogP contribution in [0, 0.1) is 0 Å². The number of aromatic nitrogens is 1. The average molecular weight is 415 g/mol. The standard InChI is InChI=1S/C20H19BrN2OS/c1-12(2)4-3-5-15-10-11-16-17(22)19(25-20(16)23-15)18(24)13-6-8-14(21)9-7-13/h4,6-11H,3,5,22H2,1-2H3. The minimum Gasteiger partial charge on any atom is -0.397 e. The lowest BCUT2D eigenvalue weighted by Crippen LogP contribution is -2.01. The number of allylic oxidation sites excluding steroid dienone is 2. The van der Waals surface area contributed by atoms with Gasteiger partial charge < -0.3 is 5.73 Å². The molecule has 0 saturated heterocycles. The van der Waals surface area contributed by atoms with E-state index in [0.717, 1.165) is 33.2 Å². The van der Waals surface area contributed by atoms with Crippen LogP contribution in [-0.4, -0.2) is 10.8 Å². The highest BCUT2D eigenvalue weighted by molar-refractivity contribution is 9.10. The molecule has 0 aliphatic rings. The summed E-state index contributed by atoms with van der Waals surface area (Å²) < 4.78 is 0.941. The van der Waals surface area contributed by atoms with Gasteiger partial charge in [0.25, 0.3) is 0 Å². The molecule has 0 spiro atoms. The molecule has 0 amide bonds. The van der Waals surface area contributed by atoms with E-state index in [9.17, 15) is 4.79 Å². The Balaban J connectivity index is 1.92. The van der Waals surface area contributed by atoms with Gasteiger partial charge in [-0.15, -0.1) is 11.3 Å². The van der Waals surface area contributed by atoms with E-state index in [4.69, 9.17) is 10.7 Å². The molecule has 0 aliphatic heterocycles. The third kappa shape index (κ3) is 3.99. The van der Waals surface area contributed by atoms with E-state index in [1.165, 1.54) is 16.9 Å². The maximum absolute atomic E-state index is 12.8. The fourth-order valence-electron chi connectivity index (χ4n) is 2.58. The minimum absolute atomic E-state index is 0.0564. The number of ketones is 1. The molecule has 2 aromatic heterocycles. The van der Waals surface area contributed by atoms with Crippen molar-refractivity contribution in [2.24, 2.45) is 0 Å². The van der Waals surface area contributed by atoms with Crippen molar-refractivity contribution in [2.45, 2.75) is 26.7 Å². The van der Waals surface area contributed by atoms with Crippen molar-refractivity contribution in [2.75, 3.05) is 5.73 Å². The third-order valence-corrected chi connectivity index (χ3v) is 5.56. The van der Waals surface area contributed by atoms with Gasteiger partial charge >= 0.3 is 0 Å². The molecule has 3 aromatic rings. The molecule has 3 nitrogen and oxygen atoms in total. The highest BCUT2D eigenvalue weighted by Gasteiger charge is 2.18. The summed E-state index contributed by atoms with van der Waals surface area (Å²) in [5.41, 5.74) is 9.71. The molecule has 0 atom stereocenters. The van der Waals surface area contributed by atoms with Gasteiger partial charge in [0.2, 0.25) is 5.78 Å². The molecule has 0 fully saturated rings. The van der Waals surface area contributed by atoms with E-state index in [1.807, 2.05) is 24.3 Å². The monoisotopic (exact) mass is 414 g/mol. The van der Waals surface area contributed by atoms with Gasteiger partial charge in [-0.25, -0.2) is 4.98 Å². The minimum atomic E-state index is -0.0564. The Morgan fingerprint density at radius 3 is 2.60 bits per heavy atom. The number of nitrogen functional groups attached to an aromatic ring is 1. The van der Waals surface area contributed by atoms with Crippen LogP contribution in [-0.2, 0) is 6.42 Å². The predicted molar refractivity (Wildman–Crippen MR) is 109 cm³/mol. The fourth-order valence-corrected chi connectivity index (χ4v) is 3.92. The van der Waals surface area contributed by atoms with Gasteiger partial charge in [-0.3, -0.25) is 4.79 Å². The van der Waals surface area contributed by atoms with Crippen molar-refractivity contribution in [1.82, 2.24) is 4.98 Å². The number of fused-ring (bicyclic) bond motifs is 1. The zero-order valence-corrected chi connectivity index (χ0v) is 16.6. The number of hydrogen-bond donors (Lipinski definition) is 1. The van der Waals surface area contributed by atoms with Crippen LogP contribution in [0.25, 0.3) is 10.2 Å². The van der Waals surface area contributed by atoms with E-state index >= 15 is 0 Å². The lowest BCUT2D eigenvalue weighted by atomic mass is 10.1. The van der Waals surface area contributed by atoms with E-state index in [2.05, 4.69) is 35.9 Å². The first-order chi connectivity index (χ1) is 12.0. The van der Waals surface area contributed by atoms with Crippen molar-refractivity contribution in [3.05, 3.63) is 68.7 Å². The molecular formula is C20H19BrN2OS. The quantitative estimate of drug-likeness (QED) is 0.425. The lowest BCUT2D eigenvalue weighted by molar-refractivity contribution is 0.104. The molecular weight excluding hydrogens is 396 g/mol. The second kappa shape index (κ2) is 7.50. The zero-order valence-electron chi connectivity index (χ0n) is 14.2. The number of halogens is 1. The Labute approximate surface area is 159 Å². The Morgan fingerprint density at radius 2 is 1.92 bits per heavy atom. The van der Waals surface area contributed by atoms with Crippen molar-refractivity contribution in [3.63, 3.8) is 0 Å². The highest BCUT2D eigenvalue weighted by atomic mass is 79.9. The Kier molecular flexibility index (Phi) is 5.35. The number of anilines is 1. The first-order valence-corrected chi connectivity index (χ1v) is 9.68. The number of rotatable bonds is 5. The lowest BCUT2D eigenvalue weighted by Gasteiger charge is -2.00. The third-order valence-electron chi connectivity index (χ3n) is 3.92. The second-order valence-corrected chi connectivity index (χ2v) is 8.07. The summed E-state index contributed by atoms with van der Waals surface area (Å²) in [6.45, 7) is 4.19. The Bertz CT molecular complexity index is 954. The fraction of sp³-hybridized carbons (Fsp3) is 0.200. The molecule has 0 unspecified atom stereocenters. The van der Waals surface area contributed by atoms with Crippen LogP contribution in [0.1, 0.15) is 41.2 Å². The Hall–Kier alpha value is -1.98. The van der Waals surface area contributed by atoms with Gasteiger partial charge in [0.15, 0.2) is 0 Å². The number of carbonyl (C=O) groups is 1. The topological polar surface area (TPSA) is 56.0 Å². The van der Waals surface area contributed by atoms with Crippen LogP contribution < -0.4 is 5.73 Å². The van der Waals surface area contributed by atoms with Crippen molar-refractivity contribution >= 4 is 49.0 Å². The summed E-state index contributed by atoms with van der Waals surface area (Å²) in [7, 11) is 0. The molecule has 0 radical (unpaired) electrons. The summed E-state index contributed by atoms with van der Waals surface area (Å²) in [5, 5.41) is 0.858. The summed E-state index contributed by atoms with van der Waals surface area (Å²) in [6.07, 6.45) is 4.05. The van der Waals surface area contributed by atoms with Gasteiger partial charge in [-0.1, -0.05) is 27.6 Å². The maximum atomic E-state index is 12.8. The number of aryl methyl sites for hydroxylation is 1. The van der Waals surface area contributed by atoms with Gasteiger partial charge in [0.05, 0.1) is 5.69 Å². The summed E-state index contributed by atoms with van der Waals surface area (Å²) >= 11 is 4.76. The van der Waals surface area contributed by atoms with E-state index < -0.39 is 0 Å². The molecule has 1 aromatic carbocycles. The van der Waals surface area contributed by atoms with Gasteiger partial charge in [-0.2, -0.15) is 0 Å². The number of thiophene rings is 1. The van der Waals surface area contributed by atoms with Gasteiger partial charge in [0, 0.05) is 21.1 Å². The molecule has 3 rings (SSSR count). The first kappa shape index (κ1) is 17.8.